The number of benzene rings is 1. The maximum absolute atomic E-state index is 13.5. The molecule has 1 aromatic carbocycles. The van der Waals surface area contributed by atoms with E-state index < -0.39 is 17.8 Å². The SMILES string of the molecule is COC(=O)C1=C(CBr)CCC(c2nccs2)=N[C@H]1c1ccc(F)cc1Cl. The van der Waals surface area contributed by atoms with E-state index in [1.165, 1.54) is 30.6 Å². The van der Waals surface area contributed by atoms with Gasteiger partial charge in [0.1, 0.15) is 16.9 Å². The molecule has 1 aromatic heterocycles. The van der Waals surface area contributed by atoms with Crippen LogP contribution < -0.4 is 0 Å². The predicted octanol–water partition coefficient (Wildman–Crippen LogP) is 5.12. The van der Waals surface area contributed by atoms with Crippen LogP contribution in [-0.2, 0) is 9.53 Å². The monoisotopic (exact) mass is 456 g/mol. The summed E-state index contributed by atoms with van der Waals surface area (Å²) in [5, 5.41) is 3.40. The van der Waals surface area contributed by atoms with Gasteiger partial charge in [-0.05, 0) is 30.5 Å². The molecule has 0 bridgehead atoms. The Kier molecular flexibility index (Phi) is 6.21. The van der Waals surface area contributed by atoms with Gasteiger partial charge >= 0.3 is 5.97 Å². The van der Waals surface area contributed by atoms with Crippen molar-refractivity contribution in [2.24, 2.45) is 4.99 Å². The minimum Gasteiger partial charge on any atom is -0.466 e. The molecule has 0 radical (unpaired) electrons. The fourth-order valence-electron chi connectivity index (χ4n) is 2.86. The fraction of sp³-hybridized carbons (Fsp3) is 0.278. The first-order chi connectivity index (χ1) is 12.5. The Morgan fingerprint density at radius 3 is 2.88 bits per heavy atom. The van der Waals surface area contributed by atoms with E-state index in [9.17, 15) is 9.18 Å². The van der Waals surface area contributed by atoms with Crippen molar-refractivity contribution in [2.45, 2.75) is 18.9 Å². The number of esters is 1. The maximum Gasteiger partial charge on any atom is 0.336 e. The number of halogens is 3. The fourth-order valence-corrected chi connectivity index (χ4v) is 4.38. The summed E-state index contributed by atoms with van der Waals surface area (Å²) < 4.78 is 18.5. The van der Waals surface area contributed by atoms with Crippen LogP contribution in [0.5, 0.6) is 0 Å². The lowest BCUT2D eigenvalue weighted by atomic mass is 9.94. The maximum atomic E-state index is 13.5. The minimum atomic E-state index is -0.676. The molecule has 2 heterocycles. The molecule has 3 rings (SSSR count). The van der Waals surface area contributed by atoms with E-state index in [2.05, 4.69) is 20.9 Å². The van der Waals surface area contributed by atoms with Crippen molar-refractivity contribution in [1.82, 2.24) is 4.98 Å². The highest BCUT2D eigenvalue weighted by Crippen LogP contribution is 2.38. The third kappa shape index (κ3) is 3.89. The van der Waals surface area contributed by atoms with Crippen molar-refractivity contribution in [1.29, 1.82) is 0 Å². The second kappa shape index (κ2) is 8.41. The lowest BCUT2D eigenvalue weighted by Gasteiger charge is -2.19. The second-order valence-electron chi connectivity index (χ2n) is 5.62. The van der Waals surface area contributed by atoms with Crippen molar-refractivity contribution in [3.63, 3.8) is 0 Å². The second-order valence-corrected chi connectivity index (χ2v) is 7.49. The smallest absolute Gasteiger partial charge is 0.336 e. The molecule has 0 amide bonds. The van der Waals surface area contributed by atoms with Crippen LogP contribution in [0.25, 0.3) is 0 Å². The summed E-state index contributed by atoms with van der Waals surface area (Å²) in [6.07, 6.45) is 3.00. The Morgan fingerprint density at radius 1 is 1.46 bits per heavy atom. The van der Waals surface area contributed by atoms with Gasteiger partial charge in [-0.15, -0.1) is 11.3 Å². The molecule has 0 N–H and O–H groups in total. The quantitative estimate of drug-likeness (QED) is 0.473. The molecule has 136 valence electrons. The van der Waals surface area contributed by atoms with Gasteiger partial charge < -0.3 is 4.74 Å². The molecule has 0 aliphatic carbocycles. The Balaban J connectivity index is 2.20. The van der Waals surface area contributed by atoms with Gasteiger partial charge in [0, 0.05) is 27.5 Å². The Morgan fingerprint density at radius 2 is 2.27 bits per heavy atom. The Hall–Kier alpha value is -1.57. The third-order valence-corrected chi connectivity index (χ3v) is 5.93. The molecule has 0 unspecified atom stereocenters. The lowest BCUT2D eigenvalue weighted by Crippen LogP contribution is -2.15. The molecule has 0 spiro atoms. The number of rotatable bonds is 4. The van der Waals surface area contributed by atoms with Crippen LogP contribution in [0.1, 0.15) is 29.5 Å². The summed E-state index contributed by atoms with van der Waals surface area (Å²) in [5.74, 6) is -0.908. The van der Waals surface area contributed by atoms with Gasteiger partial charge in [-0.3, -0.25) is 4.99 Å². The number of carbonyl (C=O) groups excluding carboxylic acids is 1. The van der Waals surface area contributed by atoms with Crippen LogP contribution >= 0.6 is 38.9 Å². The van der Waals surface area contributed by atoms with E-state index in [1.807, 2.05) is 5.38 Å². The van der Waals surface area contributed by atoms with E-state index >= 15 is 0 Å². The number of aliphatic imine (C=N–C) groups is 1. The standard InChI is InChI=1S/C18H15BrClFN2O2S/c1-25-18(24)15-10(9-19)2-5-14(17-22-6-7-26-17)23-16(15)12-4-3-11(21)8-13(12)20/h3-4,6-8,16H,2,5,9H2,1H3/t16-/m0/s1. The number of methoxy groups -OCH3 is 1. The number of ether oxygens (including phenoxy) is 1. The molecule has 0 saturated heterocycles. The van der Waals surface area contributed by atoms with E-state index in [1.54, 1.807) is 12.3 Å². The molecule has 1 atom stereocenters. The topological polar surface area (TPSA) is 51.5 Å². The summed E-state index contributed by atoms with van der Waals surface area (Å²) in [5.41, 5.74) is 2.67. The van der Waals surface area contributed by atoms with Crippen molar-refractivity contribution >= 4 is 50.5 Å². The number of hydrogen-bond acceptors (Lipinski definition) is 5. The summed E-state index contributed by atoms with van der Waals surface area (Å²) >= 11 is 11.2. The van der Waals surface area contributed by atoms with Crippen LogP contribution in [0.2, 0.25) is 5.02 Å². The highest BCUT2D eigenvalue weighted by atomic mass is 79.9. The first-order valence-electron chi connectivity index (χ1n) is 7.82. The van der Waals surface area contributed by atoms with Crippen LogP contribution in [0, 0.1) is 5.82 Å². The third-order valence-electron chi connectivity index (χ3n) is 4.11. The van der Waals surface area contributed by atoms with Gasteiger partial charge in [0.05, 0.1) is 18.4 Å². The van der Waals surface area contributed by atoms with Crippen molar-refractivity contribution in [2.75, 3.05) is 12.4 Å². The van der Waals surface area contributed by atoms with E-state index in [0.717, 1.165) is 16.3 Å². The van der Waals surface area contributed by atoms with Gasteiger partial charge in [0.25, 0.3) is 0 Å². The van der Waals surface area contributed by atoms with Crippen LogP contribution in [0.15, 0.2) is 45.9 Å². The van der Waals surface area contributed by atoms with Crippen LogP contribution in [0.4, 0.5) is 4.39 Å². The van der Waals surface area contributed by atoms with Crippen molar-refractivity contribution in [3.8, 4) is 0 Å². The number of nitrogens with zero attached hydrogens (tertiary/aromatic N) is 2. The van der Waals surface area contributed by atoms with Crippen LogP contribution in [-0.4, -0.2) is 29.1 Å². The zero-order valence-corrected chi connectivity index (χ0v) is 17.0. The zero-order chi connectivity index (χ0) is 18.7. The van der Waals surface area contributed by atoms with E-state index in [4.69, 9.17) is 21.3 Å². The molecule has 0 fully saturated rings. The molecule has 4 nitrogen and oxygen atoms in total. The number of allylic oxidation sites excluding steroid dienone is 1. The summed E-state index contributed by atoms with van der Waals surface area (Å²) in [6, 6.07) is 3.42. The number of aromatic nitrogens is 1. The normalized spacial score (nSPS) is 17.7. The molecule has 26 heavy (non-hydrogen) atoms. The van der Waals surface area contributed by atoms with Crippen molar-refractivity contribution in [3.05, 3.63) is 62.3 Å². The van der Waals surface area contributed by atoms with E-state index in [-0.39, 0.29) is 5.02 Å². The highest BCUT2D eigenvalue weighted by Gasteiger charge is 2.31. The lowest BCUT2D eigenvalue weighted by molar-refractivity contribution is -0.136. The largest absolute Gasteiger partial charge is 0.466 e. The molecule has 1 aliphatic heterocycles. The average Bonchev–Trinajstić information content (AvgIpc) is 3.09. The number of thiazole rings is 1. The molecular formula is C18H15BrClFN2O2S. The summed E-state index contributed by atoms with van der Waals surface area (Å²) in [6.45, 7) is 0. The van der Waals surface area contributed by atoms with Crippen LogP contribution in [0.3, 0.4) is 0 Å². The van der Waals surface area contributed by atoms with Crippen molar-refractivity contribution < 1.29 is 13.9 Å². The average molecular weight is 458 g/mol. The molecule has 2 aromatic rings. The highest BCUT2D eigenvalue weighted by molar-refractivity contribution is 9.09. The zero-order valence-electron chi connectivity index (χ0n) is 13.8. The Bertz CT molecular complexity index is 883. The van der Waals surface area contributed by atoms with Gasteiger partial charge in [0.15, 0.2) is 0 Å². The number of carbonyl (C=O) groups is 1. The predicted molar refractivity (Wildman–Crippen MR) is 105 cm³/mol. The van der Waals surface area contributed by atoms with Gasteiger partial charge in [-0.1, -0.05) is 33.6 Å². The van der Waals surface area contributed by atoms with E-state index in [0.29, 0.717) is 29.3 Å². The van der Waals surface area contributed by atoms with Gasteiger partial charge in [0.2, 0.25) is 0 Å². The number of alkyl halides is 1. The first kappa shape index (κ1) is 19.2. The molecular weight excluding hydrogens is 443 g/mol. The van der Waals surface area contributed by atoms with Gasteiger partial charge in [-0.2, -0.15) is 0 Å². The summed E-state index contributed by atoms with van der Waals surface area (Å²) in [4.78, 5) is 21.7. The Labute approximate surface area is 167 Å². The van der Waals surface area contributed by atoms with Gasteiger partial charge in [-0.25, -0.2) is 14.2 Å². The molecule has 1 aliphatic rings. The molecule has 0 saturated carbocycles. The summed E-state index contributed by atoms with van der Waals surface area (Å²) in [7, 11) is 1.33. The molecule has 8 heteroatoms. The first-order valence-corrected chi connectivity index (χ1v) is 10.2. The minimum absolute atomic E-state index is 0.217. The number of hydrogen-bond donors (Lipinski definition) is 0.